The number of aromatic nitrogens is 2. The maximum atomic E-state index is 10.2. The Labute approximate surface area is 183 Å². The Balaban J connectivity index is 1.34. The van der Waals surface area contributed by atoms with Gasteiger partial charge in [-0.3, -0.25) is 4.90 Å². The molecule has 7 heteroatoms. The van der Waals surface area contributed by atoms with Crippen LogP contribution in [-0.4, -0.2) is 70.5 Å². The van der Waals surface area contributed by atoms with Gasteiger partial charge in [0.2, 0.25) is 0 Å². The summed E-state index contributed by atoms with van der Waals surface area (Å²) < 4.78 is 5.32. The molecule has 0 aliphatic carbocycles. The zero-order chi connectivity index (χ0) is 20.8. The van der Waals surface area contributed by atoms with E-state index in [1.54, 1.807) is 31.0 Å². The van der Waals surface area contributed by atoms with Crippen LogP contribution in [0.25, 0.3) is 0 Å². The van der Waals surface area contributed by atoms with Gasteiger partial charge in [0.1, 0.15) is 11.5 Å². The van der Waals surface area contributed by atoms with Crippen molar-refractivity contribution in [1.82, 2.24) is 19.8 Å². The zero-order valence-corrected chi connectivity index (χ0v) is 18.6. The highest BCUT2D eigenvalue weighted by atomic mass is 32.2. The predicted molar refractivity (Wildman–Crippen MR) is 120 cm³/mol. The maximum Gasteiger partial charge on any atom is 0.187 e. The molecule has 0 saturated carbocycles. The first-order chi connectivity index (χ1) is 14.7. The van der Waals surface area contributed by atoms with Crippen LogP contribution in [0.2, 0.25) is 0 Å². The van der Waals surface area contributed by atoms with Crippen molar-refractivity contribution in [3.63, 3.8) is 0 Å². The third kappa shape index (κ3) is 5.65. The van der Waals surface area contributed by atoms with Gasteiger partial charge in [0.25, 0.3) is 0 Å². The number of nitrogens with zero attached hydrogens (tertiary/aromatic N) is 4. The number of hydrogen-bond donors (Lipinski definition) is 1. The molecule has 1 aromatic carbocycles. The van der Waals surface area contributed by atoms with E-state index in [1.807, 2.05) is 12.3 Å². The standard InChI is InChI=1S/C23H32N4O2S/c1-29-20-6-7-22(28)19(15-20)17-27-12-4-5-18(16-27)21-8-9-24-23(25-21)30-14-13-26-10-2-3-11-26/h6-9,15,18,28H,2-5,10-14,16-17H2,1H3. The van der Waals surface area contributed by atoms with Crippen molar-refractivity contribution in [2.24, 2.45) is 0 Å². The molecule has 2 aliphatic rings. The fraction of sp³-hybridized carbons (Fsp3) is 0.565. The van der Waals surface area contributed by atoms with E-state index in [9.17, 15) is 5.11 Å². The number of thioether (sulfide) groups is 1. The SMILES string of the molecule is COc1ccc(O)c(CN2CCCC(c3ccnc(SCCN4CCCC4)n3)C2)c1. The van der Waals surface area contributed by atoms with Gasteiger partial charge < -0.3 is 14.7 Å². The second-order valence-electron chi connectivity index (χ2n) is 8.23. The van der Waals surface area contributed by atoms with Gasteiger partial charge in [0.05, 0.1) is 7.11 Å². The zero-order valence-electron chi connectivity index (χ0n) is 17.8. The van der Waals surface area contributed by atoms with Crippen molar-refractivity contribution in [2.75, 3.05) is 45.6 Å². The normalized spacial score (nSPS) is 20.5. The molecule has 1 N–H and O–H groups in total. The number of likely N-dealkylation sites (tertiary alicyclic amines) is 2. The monoisotopic (exact) mass is 428 g/mol. The highest BCUT2D eigenvalue weighted by Gasteiger charge is 2.23. The third-order valence-corrected chi connectivity index (χ3v) is 6.94. The molecule has 0 amide bonds. The summed E-state index contributed by atoms with van der Waals surface area (Å²) in [5, 5.41) is 11.1. The van der Waals surface area contributed by atoms with Crippen LogP contribution in [0.15, 0.2) is 35.6 Å². The average molecular weight is 429 g/mol. The Morgan fingerprint density at radius 3 is 2.80 bits per heavy atom. The molecule has 2 saturated heterocycles. The van der Waals surface area contributed by atoms with Crippen LogP contribution in [0.5, 0.6) is 11.5 Å². The van der Waals surface area contributed by atoms with Gasteiger partial charge in [-0.2, -0.15) is 0 Å². The van der Waals surface area contributed by atoms with Gasteiger partial charge >= 0.3 is 0 Å². The summed E-state index contributed by atoms with van der Waals surface area (Å²) in [6.07, 6.45) is 6.87. The summed E-state index contributed by atoms with van der Waals surface area (Å²) in [4.78, 5) is 14.3. The summed E-state index contributed by atoms with van der Waals surface area (Å²) in [6, 6.07) is 7.51. The molecule has 0 spiro atoms. The number of rotatable bonds is 8. The summed E-state index contributed by atoms with van der Waals surface area (Å²) in [5.41, 5.74) is 2.06. The van der Waals surface area contributed by atoms with E-state index in [0.29, 0.717) is 11.7 Å². The highest BCUT2D eigenvalue weighted by molar-refractivity contribution is 7.99. The molecule has 2 aromatic rings. The second kappa shape index (κ2) is 10.5. The summed E-state index contributed by atoms with van der Waals surface area (Å²) in [6.45, 7) is 6.31. The minimum atomic E-state index is 0.330. The number of methoxy groups -OCH3 is 1. The first-order valence-electron chi connectivity index (χ1n) is 11.0. The molecule has 2 fully saturated rings. The van der Waals surface area contributed by atoms with Crippen molar-refractivity contribution in [2.45, 2.75) is 43.3 Å². The van der Waals surface area contributed by atoms with E-state index in [-0.39, 0.29) is 0 Å². The van der Waals surface area contributed by atoms with Gasteiger partial charge in [0.15, 0.2) is 5.16 Å². The lowest BCUT2D eigenvalue weighted by atomic mass is 9.94. The minimum absolute atomic E-state index is 0.330. The average Bonchev–Trinajstić information content (AvgIpc) is 3.29. The Hall–Kier alpha value is -1.83. The first kappa shape index (κ1) is 21.4. The Morgan fingerprint density at radius 2 is 1.97 bits per heavy atom. The van der Waals surface area contributed by atoms with Gasteiger partial charge in [0, 0.05) is 48.8 Å². The quantitative estimate of drug-likeness (QED) is 0.507. The fourth-order valence-electron chi connectivity index (χ4n) is 4.42. The van der Waals surface area contributed by atoms with Crippen molar-refractivity contribution in [3.8, 4) is 11.5 Å². The van der Waals surface area contributed by atoms with Gasteiger partial charge in [-0.1, -0.05) is 11.8 Å². The molecule has 162 valence electrons. The first-order valence-corrected chi connectivity index (χ1v) is 12.0. The van der Waals surface area contributed by atoms with Crippen LogP contribution < -0.4 is 4.74 Å². The molecule has 6 nitrogen and oxygen atoms in total. The van der Waals surface area contributed by atoms with E-state index in [4.69, 9.17) is 9.72 Å². The van der Waals surface area contributed by atoms with Gasteiger partial charge in [-0.05, 0) is 69.6 Å². The number of phenols is 1. The lowest BCUT2D eigenvalue weighted by Gasteiger charge is -2.32. The number of benzene rings is 1. The largest absolute Gasteiger partial charge is 0.508 e. The summed E-state index contributed by atoms with van der Waals surface area (Å²) >= 11 is 1.77. The van der Waals surface area contributed by atoms with Crippen LogP contribution in [0.3, 0.4) is 0 Å². The molecule has 0 bridgehead atoms. The van der Waals surface area contributed by atoms with Gasteiger partial charge in [-0.15, -0.1) is 0 Å². The molecule has 1 atom stereocenters. The number of aromatic hydroxyl groups is 1. The van der Waals surface area contributed by atoms with Crippen molar-refractivity contribution in [3.05, 3.63) is 41.7 Å². The molecule has 0 radical (unpaired) electrons. The Morgan fingerprint density at radius 1 is 1.13 bits per heavy atom. The smallest absolute Gasteiger partial charge is 0.187 e. The summed E-state index contributed by atoms with van der Waals surface area (Å²) in [7, 11) is 1.66. The maximum absolute atomic E-state index is 10.2. The van der Waals surface area contributed by atoms with Crippen LogP contribution in [-0.2, 0) is 6.54 Å². The topological polar surface area (TPSA) is 61.7 Å². The highest BCUT2D eigenvalue weighted by Crippen LogP contribution is 2.30. The van der Waals surface area contributed by atoms with Crippen LogP contribution in [0.1, 0.15) is 42.9 Å². The van der Waals surface area contributed by atoms with E-state index in [2.05, 4.69) is 20.9 Å². The molecule has 1 unspecified atom stereocenters. The molecule has 3 heterocycles. The van der Waals surface area contributed by atoms with Crippen molar-refractivity contribution >= 4 is 11.8 Å². The lowest BCUT2D eigenvalue weighted by molar-refractivity contribution is 0.196. The van der Waals surface area contributed by atoms with Crippen molar-refractivity contribution in [1.29, 1.82) is 0 Å². The molecule has 1 aromatic heterocycles. The Kier molecular flexibility index (Phi) is 7.47. The van der Waals surface area contributed by atoms with E-state index in [0.717, 1.165) is 66.9 Å². The Bertz CT molecular complexity index is 829. The minimum Gasteiger partial charge on any atom is -0.508 e. The number of phenolic OH excluding ortho intramolecular Hbond substituents is 1. The molecular weight excluding hydrogens is 396 g/mol. The van der Waals surface area contributed by atoms with Crippen molar-refractivity contribution < 1.29 is 9.84 Å². The predicted octanol–water partition coefficient (Wildman–Crippen LogP) is 3.76. The number of piperidine rings is 1. The molecular formula is C23H32N4O2S. The van der Waals surface area contributed by atoms with E-state index in [1.165, 1.54) is 25.9 Å². The van der Waals surface area contributed by atoms with Crippen LogP contribution in [0, 0.1) is 0 Å². The second-order valence-corrected chi connectivity index (χ2v) is 9.29. The lowest BCUT2D eigenvalue weighted by Crippen LogP contribution is -2.34. The van der Waals surface area contributed by atoms with E-state index >= 15 is 0 Å². The molecule has 30 heavy (non-hydrogen) atoms. The number of hydrogen-bond acceptors (Lipinski definition) is 7. The van der Waals surface area contributed by atoms with Crippen LogP contribution in [0.4, 0.5) is 0 Å². The van der Waals surface area contributed by atoms with E-state index < -0.39 is 0 Å². The number of ether oxygens (including phenoxy) is 1. The summed E-state index contributed by atoms with van der Waals surface area (Å²) in [5.74, 6) is 2.57. The fourth-order valence-corrected chi connectivity index (χ4v) is 5.26. The van der Waals surface area contributed by atoms with Crippen LogP contribution >= 0.6 is 11.8 Å². The molecule has 2 aliphatic heterocycles. The third-order valence-electron chi connectivity index (χ3n) is 6.10. The van der Waals surface area contributed by atoms with Gasteiger partial charge in [-0.25, -0.2) is 9.97 Å². The molecule has 4 rings (SSSR count).